The number of carbonyl (C=O) groups is 3. The van der Waals surface area contributed by atoms with Crippen molar-refractivity contribution in [3.8, 4) is 33.8 Å². The lowest BCUT2D eigenvalue weighted by Gasteiger charge is -2.62. The van der Waals surface area contributed by atoms with Crippen LogP contribution in [0.3, 0.4) is 0 Å². The van der Waals surface area contributed by atoms with E-state index < -0.39 is 48.3 Å². The molecule has 2 saturated heterocycles. The number of methoxy groups -OCH3 is 2. The van der Waals surface area contributed by atoms with E-state index in [4.69, 9.17) is 19.1 Å². The maximum absolute atomic E-state index is 14.3. The lowest BCUT2D eigenvalue weighted by atomic mass is 9.45. The Kier molecular flexibility index (Phi) is 30.3. The first-order chi connectivity index (χ1) is 47.9. The van der Waals surface area contributed by atoms with Gasteiger partial charge in [0.05, 0.1) is 52.7 Å². The molecule has 0 radical (unpaired) electrons. The summed E-state index contributed by atoms with van der Waals surface area (Å²) in [7, 11) is 15.8. The summed E-state index contributed by atoms with van der Waals surface area (Å²) in [6.45, 7) is 24.2. The topological polar surface area (TPSA) is 221 Å². The number of aryl methyl sites for hydroxylation is 2. The summed E-state index contributed by atoms with van der Waals surface area (Å²) < 4.78 is 12.2. The summed E-state index contributed by atoms with van der Waals surface area (Å²) in [5.41, 5.74) is 9.26. The minimum atomic E-state index is -0.885. The number of hydrogen-bond acceptors (Lipinski definition) is 16. The molecule has 103 heavy (non-hydrogen) atoms. The smallest absolute Gasteiger partial charge is 0.251 e. The largest absolute Gasteiger partial charge is 0.496 e. The highest BCUT2D eigenvalue weighted by Gasteiger charge is 2.59. The Morgan fingerprint density at radius 3 is 1.38 bits per heavy atom. The molecule has 19 heteroatoms. The molecule has 2 heterocycles. The number of amides is 3. The second-order valence-electron chi connectivity index (χ2n) is 33.2. The van der Waals surface area contributed by atoms with Crippen LogP contribution < -0.4 is 25.4 Å². The predicted octanol–water partition coefficient (Wildman–Crippen LogP) is 11.4. The van der Waals surface area contributed by atoms with Crippen molar-refractivity contribution in [3.05, 3.63) is 107 Å². The molecule has 6 saturated carbocycles. The molecule has 4 bridgehead atoms. The molecule has 19 nitrogen and oxygen atoms in total. The molecule has 576 valence electrons. The third-order valence-electron chi connectivity index (χ3n) is 24.5. The second kappa shape index (κ2) is 36.8. The highest BCUT2D eigenvalue weighted by molar-refractivity contribution is 5.96. The van der Waals surface area contributed by atoms with Gasteiger partial charge >= 0.3 is 0 Å². The van der Waals surface area contributed by atoms with Gasteiger partial charge < -0.3 is 60.5 Å². The van der Waals surface area contributed by atoms with Crippen molar-refractivity contribution >= 4 is 17.7 Å². The van der Waals surface area contributed by atoms with Gasteiger partial charge in [-0.15, -0.1) is 0 Å². The zero-order valence-electron chi connectivity index (χ0n) is 64.3. The Morgan fingerprint density at radius 2 is 1.01 bits per heavy atom. The van der Waals surface area contributed by atoms with Gasteiger partial charge in [0, 0.05) is 64.3 Å². The summed E-state index contributed by atoms with van der Waals surface area (Å²) in [5, 5.41) is 55.7. The van der Waals surface area contributed by atoms with Crippen LogP contribution in [0.2, 0.25) is 0 Å². The molecule has 6 aliphatic carbocycles. The number of unbranched alkanes of at least 4 members (excludes halogenated alkanes) is 2. The van der Waals surface area contributed by atoms with Crippen LogP contribution in [0.15, 0.2) is 78.9 Å². The minimum absolute atomic E-state index is 0. The number of para-hydroxylation sites is 2. The van der Waals surface area contributed by atoms with Crippen molar-refractivity contribution in [1.82, 2.24) is 40.8 Å². The average Bonchev–Trinajstić information content (AvgIpc) is 1.08. The highest BCUT2D eigenvalue weighted by Crippen LogP contribution is 2.62. The summed E-state index contributed by atoms with van der Waals surface area (Å²) in [5.74, 6) is 3.00. The fraction of sp³-hybridized carbons (Fsp3) is 0.679. The third-order valence-corrected chi connectivity index (χ3v) is 24.5. The van der Waals surface area contributed by atoms with Crippen LogP contribution in [0.1, 0.15) is 168 Å². The summed E-state index contributed by atoms with van der Waals surface area (Å²) in [6, 6.07) is 25.0. The maximum atomic E-state index is 14.3. The predicted molar refractivity (Wildman–Crippen MR) is 413 cm³/mol. The van der Waals surface area contributed by atoms with E-state index >= 15 is 0 Å². The molecule has 4 aromatic rings. The van der Waals surface area contributed by atoms with E-state index in [-0.39, 0.29) is 82.9 Å². The number of hydroxylamine groups is 4. The number of hydrogen-bond donors (Lipinski definition) is 7. The van der Waals surface area contributed by atoms with Crippen LogP contribution >= 0.6 is 0 Å². The molecular formula is C84H134N8O11. The Balaban J connectivity index is 0.000000283. The number of carbonyl (C=O) groups excluding carboxylic acids is 3. The third kappa shape index (κ3) is 19.4. The van der Waals surface area contributed by atoms with Crippen molar-refractivity contribution in [1.29, 1.82) is 0 Å². The first-order valence-corrected chi connectivity index (χ1v) is 37.8. The van der Waals surface area contributed by atoms with E-state index in [0.717, 1.165) is 110 Å². The van der Waals surface area contributed by atoms with Crippen molar-refractivity contribution in [2.24, 2.45) is 64.1 Å². The standard InChI is InChI=1S/C43H68N4O5.C39H58N4O6.2CH4/c1-28-36-24-34(43(36,3)4)25-37(28)44-42(50)40-39(29(2)49)38(27-48)52-47(40)26-32-17-14-18-35(41(32)51-9)33-22-30(15-10-12-19-45(5)6)21-31(23-33)16-11-13-20-46(7)8;1-22(2)32(20-42(7)8)41-37(46)26-13-10-12-25(16-26)29-15-11-14-27(36(29)48-9)19-43-35(34(24(4)45)33(21-44)49-43)38(47)40-31-18-28-17-30(23(31)3)39(28,5)6;;/h14,17-18,21-23,28-29,34,36-40,48-49H,10-13,15-16,19-20,24-27H2,1-9H3,(H,44,50);10-16,22-24,28,30-35,44-45H,17-21H2,1-9H3,(H,40,47)(H,41,46);2*1H4/t28-,29-,34?,36-,37-,38-,39-,40-;23-,24-,28+,30-,31-,32-,33-,34+,35-;;/m00../s1. The minimum Gasteiger partial charge on any atom is -0.496 e. The second-order valence-corrected chi connectivity index (χ2v) is 33.2. The summed E-state index contributed by atoms with van der Waals surface area (Å²) in [4.78, 5) is 60.9. The van der Waals surface area contributed by atoms with Gasteiger partial charge in [-0.25, -0.2) is 0 Å². The van der Waals surface area contributed by atoms with Crippen LogP contribution in [0.4, 0.5) is 0 Å². The maximum Gasteiger partial charge on any atom is 0.251 e. The van der Waals surface area contributed by atoms with E-state index in [1.807, 2.05) is 68.7 Å². The van der Waals surface area contributed by atoms with Gasteiger partial charge in [-0.1, -0.05) is 137 Å². The van der Waals surface area contributed by atoms with Crippen molar-refractivity contribution < 1.29 is 54.0 Å². The van der Waals surface area contributed by atoms with Gasteiger partial charge in [-0.2, -0.15) is 10.1 Å². The van der Waals surface area contributed by atoms with E-state index in [1.165, 1.54) is 24.0 Å². The molecular weight excluding hydrogens is 1300 g/mol. The van der Waals surface area contributed by atoms with Gasteiger partial charge in [0.25, 0.3) is 5.91 Å². The van der Waals surface area contributed by atoms with E-state index in [9.17, 15) is 34.8 Å². The number of nitrogens with zero attached hydrogens (tertiary/aromatic N) is 5. The fourth-order valence-corrected chi connectivity index (χ4v) is 18.3. The van der Waals surface area contributed by atoms with Crippen LogP contribution in [0.5, 0.6) is 11.5 Å². The van der Waals surface area contributed by atoms with Crippen LogP contribution in [0.25, 0.3) is 22.3 Å². The summed E-state index contributed by atoms with van der Waals surface area (Å²) in [6.07, 6.45) is 7.79. The molecule has 8 fully saturated rings. The number of nitrogens with one attached hydrogen (secondary N) is 3. The summed E-state index contributed by atoms with van der Waals surface area (Å²) >= 11 is 0. The number of likely N-dealkylation sites (N-methyl/N-ethyl adjacent to an activating group) is 1. The van der Waals surface area contributed by atoms with Gasteiger partial charge in [0.15, 0.2) is 0 Å². The Hall–Kier alpha value is -5.55. The van der Waals surface area contributed by atoms with E-state index in [1.54, 1.807) is 38.2 Å². The first-order valence-electron chi connectivity index (χ1n) is 37.8. The van der Waals surface area contributed by atoms with Gasteiger partial charge in [0.1, 0.15) is 35.8 Å². The fourth-order valence-electron chi connectivity index (χ4n) is 18.3. The number of benzene rings is 4. The molecule has 1 unspecified atom stereocenters. The molecule has 2 aliphatic heterocycles. The Morgan fingerprint density at radius 1 is 0.583 bits per heavy atom. The number of ether oxygens (including phenoxy) is 2. The number of aliphatic hydroxyl groups excluding tert-OH is 4. The zero-order chi connectivity index (χ0) is 73.5. The highest BCUT2D eigenvalue weighted by atomic mass is 16.7. The quantitative estimate of drug-likeness (QED) is 0.0233. The lowest BCUT2D eigenvalue weighted by Crippen LogP contribution is -2.62. The Labute approximate surface area is 619 Å². The van der Waals surface area contributed by atoms with Crippen molar-refractivity contribution in [2.75, 3.05) is 89.4 Å². The van der Waals surface area contributed by atoms with Crippen LogP contribution in [-0.4, -0.2) is 207 Å². The molecule has 8 aliphatic rings. The first kappa shape index (κ1) is 84.7. The number of aliphatic hydroxyl groups is 4. The molecule has 0 aromatic heterocycles. The normalized spacial score (nSPS) is 27.7. The average molecular weight is 1430 g/mol. The molecule has 17 atom stereocenters. The zero-order valence-corrected chi connectivity index (χ0v) is 64.3. The molecule has 3 amide bonds. The number of rotatable bonds is 31. The monoisotopic (exact) mass is 1430 g/mol. The van der Waals surface area contributed by atoms with Crippen molar-refractivity contribution in [3.63, 3.8) is 0 Å². The molecule has 12 rings (SSSR count). The Bertz CT molecular complexity index is 3360. The van der Waals surface area contributed by atoms with E-state index in [0.29, 0.717) is 57.7 Å². The van der Waals surface area contributed by atoms with Crippen LogP contribution in [-0.2, 0) is 45.2 Å². The van der Waals surface area contributed by atoms with Gasteiger partial charge in [-0.05, 0) is 220 Å². The van der Waals surface area contributed by atoms with Crippen molar-refractivity contribution in [2.45, 2.75) is 216 Å². The van der Waals surface area contributed by atoms with Gasteiger partial charge in [0.2, 0.25) is 11.8 Å². The molecule has 4 aromatic carbocycles. The van der Waals surface area contributed by atoms with E-state index in [2.05, 4.69) is 138 Å². The lowest BCUT2D eigenvalue weighted by molar-refractivity contribution is -0.183. The number of fused-ring (bicyclic) bond motifs is 4. The molecule has 7 N–H and O–H groups in total. The SMILES string of the molecule is C.C.COc1c(CN2O[C@@H](CO)[C@@H]([C@H](C)O)[C@H]2C(=O)N[C@H]2C[C@H]3C[C@@H]([C@@H]2C)C3(C)C)cccc1-c1cccc(C(=O)N[C@@H](CN(C)C)C(C)C)c1.COc1c(CN2O[C@@H](CO)[C@H]([C@H](C)O)[C@H]2C(=O)N[C@H]2CC3C[C@@H]([C@@H]2C)C3(C)C)cccc1-c1cc(CCCCN(C)C)cc(CCCCN(C)C)c1. The van der Waals surface area contributed by atoms with Gasteiger partial charge in [-0.3, -0.25) is 24.1 Å². The van der Waals surface area contributed by atoms with Crippen LogP contribution in [0, 0.1) is 64.1 Å². The molecule has 0 spiro atoms.